The molecule has 0 fully saturated rings. The first-order valence-electron chi connectivity index (χ1n) is 5.54. The summed E-state index contributed by atoms with van der Waals surface area (Å²) >= 11 is 3.19. The SMILES string of the molecule is Cc1nsc(I)c1NOC(c1ccccc1)C(F)(F)F. The Bertz CT molecular complexity index is 554. The Hall–Kier alpha value is -0.870. The molecular formula is C12H10F3IN2OS. The van der Waals surface area contributed by atoms with Gasteiger partial charge < -0.3 is 0 Å². The lowest BCUT2D eigenvalue weighted by Crippen LogP contribution is -2.26. The molecule has 8 heteroatoms. The number of benzene rings is 1. The van der Waals surface area contributed by atoms with Gasteiger partial charge >= 0.3 is 6.18 Å². The normalized spacial score (nSPS) is 13.2. The molecule has 0 aliphatic carbocycles. The smallest absolute Gasteiger partial charge is 0.262 e. The molecule has 1 N–H and O–H groups in total. The molecule has 0 spiro atoms. The monoisotopic (exact) mass is 414 g/mol. The van der Waals surface area contributed by atoms with Gasteiger partial charge in [-0.15, -0.1) is 0 Å². The maximum atomic E-state index is 13.1. The van der Waals surface area contributed by atoms with Crippen LogP contribution in [0.2, 0.25) is 0 Å². The number of aryl methyl sites for hydroxylation is 1. The lowest BCUT2D eigenvalue weighted by molar-refractivity contribution is -0.216. The van der Waals surface area contributed by atoms with E-state index in [9.17, 15) is 13.2 Å². The Balaban J connectivity index is 2.18. The summed E-state index contributed by atoms with van der Waals surface area (Å²) in [4.78, 5) is 4.89. The number of nitrogens with one attached hydrogen (secondary N) is 1. The summed E-state index contributed by atoms with van der Waals surface area (Å²) < 4.78 is 44.0. The van der Waals surface area contributed by atoms with Crippen LogP contribution in [0.3, 0.4) is 0 Å². The van der Waals surface area contributed by atoms with Crippen LogP contribution in [0.25, 0.3) is 0 Å². The van der Waals surface area contributed by atoms with Crippen LogP contribution in [-0.2, 0) is 4.84 Å². The van der Waals surface area contributed by atoms with Crippen molar-refractivity contribution in [3.8, 4) is 0 Å². The Kier molecular flexibility index (Phi) is 4.86. The van der Waals surface area contributed by atoms with Crippen molar-refractivity contribution in [3.05, 3.63) is 44.5 Å². The van der Waals surface area contributed by atoms with E-state index in [0.29, 0.717) is 11.4 Å². The number of rotatable bonds is 4. The molecule has 3 nitrogen and oxygen atoms in total. The molecule has 1 aromatic heterocycles. The molecule has 20 heavy (non-hydrogen) atoms. The van der Waals surface area contributed by atoms with Gasteiger partial charge in [-0.2, -0.15) is 17.5 Å². The quantitative estimate of drug-likeness (QED) is 0.582. The van der Waals surface area contributed by atoms with Crippen molar-refractivity contribution >= 4 is 39.8 Å². The van der Waals surface area contributed by atoms with Crippen molar-refractivity contribution in [2.24, 2.45) is 0 Å². The average Bonchev–Trinajstić information content (AvgIpc) is 2.70. The molecule has 108 valence electrons. The van der Waals surface area contributed by atoms with Gasteiger partial charge in [0.05, 0.1) is 5.69 Å². The molecule has 2 rings (SSSR count). The average molecular weight is 414 g/mol. The summed E-state index contributed by atoms with van der Waals surface area (Å²) in [5.41, 5.74) is 3.51. The molecule has 0 bridgehead atoms. The van der Waals surface area contributed by atoms with Gasteiger partial charge in [0.1, 0.15) is 8.57 Å². The zero-order chi connectivity index (χ0) is 14.8. The third kappa shape index (κ3) is 3.61. The summed E-state index contributed by atoms with van der Waals surface area (Å²) in [5.74, 6) is 0. The lowest BCUT2D eigenvalue weighted by atomic mass is 10.1. The summed E-state index contributed by atoms with van der Waals surface area (Å²) in [6, 6.07) is 7.49. The highest BCUT2D eigenvalue weighted by molar-refractivity contribution is 14.1. The molecule has 0 saturated carbocycles. The molecule has 1 heterocycles. The highest BCUT2D eigenvalue weighted by Crippen LogP contribution is 2.36. The molecule has 2 aromatic rings. The van der Waals surface area contributed by atoms with E-state index in [1.54, 1.807) is 25.1 Å². The standard InChI is InChI=1S/C12H10F3IN2OS/c1-7-9(11(16)20-18-7)17-19-10(12(13,14)15)8-5-3-2-4-6-8/h2-6,10,17H,1H3. The first-order valence-corrected chi connectivity index (χ1v) is 7.40. The fourth-order valence-corrected chi connectivity index (χ4v) is 2.91. The zero-order valence-corrected chi connectivity index (χ0v) is 13.2. The Labute approximate surface area is 131 Å². The van der Waals surface area contributed by atoms with Crippen LogP contribution >= 0.6 is 34.1 Å². The van der Waals surface area contributed by atoms with Crippen LogP contribution in [0.4, 0.5) is 18.9 Å². The molecule has 0 saturated heterocycles. The Morgan fingerprint density at radius 1 is 1.30 bits per heavy atom. The molecular weight excluding hydrogens is 404 g/mol. The van der Waals surface area contributed by atoms with E-state index in [2.05, 4.69) is 9.85 Å². The van der Waals surface area contributed by atoms with E-state index in [-0.39, 0.29) is 5.56 Å². The fraction of sp³-hybridized carbons (Fsp3) is 0.250. The molecule has 1 aromatic carbocycles. The fourth-order valence-electron chi connectivity index (χ4n) is 1.53. The van der Waals surface area contributed by atoms with Gasteiger partial charge in [0.15, 0.2) is 0 Å². The van der Waals surface area contributed by atoms with Gasteiger partial charge in [0, 0.05) is 0 Å². The highest BCUT2D eigenvalue weighted by atomic mass is 127. The Morgan fingerprint density at radius 2 is 1.95 bits per heavy atom. The van der Waals surface area contributed by atoms with E-state index in [4.69, 9.17) is 4.84 Å². The van der Waals surface area contributed by atoms with Gasteiger partial charge in [-0.25, -0.2) is 0 Å². The summed E-state index contributed by atoms with van der Waals surface area (Å²) in [7, 11) is 0. The van der Waals surface area contributed by atoms with Crippen LogP contribution < -0.4 is 5.48 Å². The van der Waals surface area contributed by atoms with Crippen molar-refractivity contribution in [3.63, 3.8) is 0 Å². The number of anilines is 1. The highest BCUT2D eigenvalue weighted by Gasteiger charge is 2.42. The van der Waals surface area contributed by atoms with Crippen molar-refractivity contribution in [2.75, 3.05) is 5.48 Å². The number of alkyl halides is 3. The maximum Gasteiger partial charge on any atom is 0.421 e. The number of nitrogens with zero attached hydrogens (tertiary/aromatic N) is 1. The van der Waals surface area contributed by atoms with Crippen LogP contribution in [0.15, 0.2) is 30.3 Å². The van der Waals surface area contributed by atoms with Crippen LogP contribution in [-0.4, -0.2) is 10.5 Å². The van der Waals surface area contributed by atoms with E-state index in [0.717, 1.165) is 2.88 Å². The second-order valence-corrected chi connectivity index (χ2v) is 6.55. The van der Waals surface area contributed by atoms with Crippen molar-refractivity contribution in [1.29, 1.82) is 0 Å². The summed E-state index contributed by atoms with van der Waals surface area (Å²) in [6.07, 6.45) is -6.53. The zero-order valence-electron chi connectivity index (χ0n) is 10.2. The van der Waals surface area contributed by atoms with Crippen molar-refractivity contribution < 1.29 is 18.0 Å². The number of hydrogen-bond acceptors (Lipinski definition) is 4. The minimum atomic E-state index is -4.50. The number of halogens is 4. The predicted molar refractivity (Wildman–Crippen MR) is 79.5 cm³/mol. The van der Waals surface area contributed by atoms with Gasteiger partial charge in [-0.3, -0.25) is 10.3 Å². The lowest BCUT2D eigenvalue weighted by Gasteiger charge is -2.21. The molecule has 0 aliphatic rings. The summed E-state index contributed by atoms with van der Waals surface area (Å²) in [5, 5.41) is 0. The number of hydrogen-bond donors (Lipinski definition) is 1. The third-order valence-corrected chi connectivity index (χ3v) is 4.36. The first-order chi connectivity index (χ1) is 9.39. The molecule has 0 radical (unpaired) electrons. The third-order valence-electron chi connectivity index (χ3n) is 2.50. The van der Waals surface area contributed by atoms with Crippen LogP contribution in [0.1, 0.15) is 17.4 Å². The van der Waals surface area contributed by atoms with Gasteiger partial charge in [0.25, 0.3) is 0 Å². The van der Waals surface area contributed by atoms with Crippen molar-refractivity contribution in [2.45, 2.75) is 19.2 Å². The van der Waals surface area contributed by atoms with Gasteiger partial charge in [0.2, 0.25) is 6.10 Å². The second kappa shape index (κ2) is 6.27. The molecule has 1 unspecified atom stereocenters. The number of aromatic nitrogens is 1. The van der Waals surface area contributed by atoms with E-state index >= 15 is 0 Å². The largest absolute Gasteiger partial charge is 0.421 e. The second-order valence-electron chi connectivity index (χ2n) is 3.97. The first kappa shape index (κ1) is 15.5. The topological polar surface area (TPSA) is 34.2 Å². The summed E-state index contributed by atoms with van der Waals surface area (Å²) in [6.45, 7) is 1.70. The van der Waals surface area contributed by atoms with Gasteiger partial charge in [-0.05, 0) is 46.6 Å². The minimum Gasteiger partial charge on any atom is -0.262 e. The van der Waals surface area contributed by atoms with Crippen LogP contribution in [0, 0.1) is 9.81 Å². The molecule has 1 atom stereocenters. The molecule has 0 aliphatic heterocycles. The Morgan fingerprint density at radius 3 is 2.45 bits per heavy atom. The predicted octanol–water partition coefficient (Wildman–Crippen LogP) is 4.70. The molecule has 0 amide bonds. The van der Waals surface area contributed by atoms with Crippen LogP contribution in [0.5, 0.6) is 0 Å². The minimum absolute atomic E-state index is 0.0448. The van der Waals surface area contributed by atoms with Gasteiger partial charge in [-0.1, -0.05) is 30.3 Å². The van der Waals surface area contributed by atoms with E-state index < -0.39 is 12.3 Å². The van der Waals surface area contributed by atoms with Crippen molar-refractivity contribution in [1.82, 2.24) is 4.37 Å². The maximum absolute atomic E-state index is 13.1. The van der Waals surface area contributed by atoms with E-state index in [1.807, 2.05) is 22.6 Å². The van der Waals surface area contributed by atoms with E-state index in [1.165, 1.54) is 23.7 Å².